The van der Waals surface area contributed by atoms with Gasteiger partial charge in [-0.25, -0.2) is 0 Å². The van der Waals surface area contributed by atoms with E-state index in [4.69, 9.17) is 0 Å². The molecule has 2 atom stereocenters. The number of halogens is 2. The van der Waals surface area contributed by atoms with Crippen LogP contribution in [0.1, 0.15) is 68.2 Å². The zero-order chi connectivity index (χ0) is 26.9. The van der Waals surface area contributed by atoms with Gasteiger partial charge in [0.1, 0.15) is 0 Å². The summed E-state index contributed by atoms with van der Waals surface area (Å²) < 4.78 is 7.60. The van der Waals surface area contributed by atoms with Crippen molar-refractivity contribution in [3.05, 3.63) is 83.2 Å². The molecule has 4 rings (SSSR count). The largest absolute Gasteiger partial charge is 0.147 e. The second-order valence-corrected chi connectivity index (χ2v) is 59.2. The fraction of sp³-hybridized carbons (Fsp3) is 0.500. The molecule has 0 bridgehead atoms. The van der Waals surface area contributed by atoms with Crippen LogP contribution < -0.4 is 0 Å². The molecule has 0 spiro atoms. The average Bonchev–Trinajstić information content (AvgIpc) is 3.61. The van der Waals surface area contributed by atoms with Crippen molar-refractivity contribution in [3.63, 3.8) is 0 Å². The van der Waals surface area contributed by atoms with Crippen molar-refractivity contribution < 1.29 is 40.1 Å². The zero-order valence-corrected chi connectivity index (χ0v) is 36.7. The van der Waals surface area contributed by atoms with Crippen LogP contribution in [-0.2, 0) is 40.1 Å². The topological polar surface area (TPSA) is 0 Å². The minimum Gasteiger partial charge on any atom is -0.147 e. The molecule has 0 N–H and O–H groups in total. The molecule has 0 nitrogen and oxygen atoms in total. The van der Waals surface area contributed by atoms with Crippen LogP contribution in [0, 0.1) is 11.8 Å². The van der Waals surface area contributed by atoms with E-state index in [1.807, 2.05) is 13.3 Å². The van der Waals surface area contributed by atoms with Crippen LogP contribution in [0.15, 0.2) is 83.2 Å². The van der Waals surface area contributed by atoms with Crippen LogP contribution in [0.3, 0.4) is 0 Å². The number of allylic oxidation sites excluding steroid dienone is 16. The first kappa shape index (κ1) is 36.7. The summed E-state index contributed by atoms with van der Waals surface area (Å²) in [7, 11) is 0. The molecule has 0 aliphatic heterocycles. The zero-order valence-electron chi connectivity index (χ0n) is 25.8. The van der Waals surface area contributed by atoms with Crippen LogP contribution in [0.4, 0.5) is 0 Å². The van der Waals surface area contributed by atoms with Crippen molar-refractivity contribution >= 4 is 35.8 Å². The van der Waals surface area contributed by atoms with Crippen molar-refractivity contribution in [1.29, 1.82) is 0 Å². The van der Waals surface area contributed by atoms with Gasteiger partial charge in [0.05, 0.1) is 0 Å². The molecule has 4 aliphatic carbocycles. The Bertz CT molecular complexity index is 1190. The summed E-state index contributed by atoms with van der Waals surface area (Å²) in [6, 6.07) is 0. The molecule has 0 aromatic heterocycles. The van der Waals surface area contributed by atoms with Crippen LogP contribution in [0.5, 0.6) is 0 Å². The Morgan fingerprint density at radius 2 is 0.895 bits per heavy atom. The first-order chi connectivity index (χ1) is 16.9. The molecule has 0 fully saturated rings. The molecular weight excluding hydrogens is 868 g/mol. The molecule has 0 saturated carbocycles. The van der Waals surface area contributed by atoms with Crippen LogP contribution >= 0.6 is 24.8 Å². The first-order valence-electron chi connectivity index (χ1n) is 13.7. The third-order valence-corrected chi connectivity index (χ3v) is 59.2. The Hall–Kier alpha value is 0.674. The van der Waals surface area contributed by atoms with Gasteiger partial charge in [0, 0.05) is 0 Å². The van der Waals surface area contributed by atoms with E-state index in [1.54, 1.807) is 33.4 Å². The Morgan fingerprint density at radius 3 is 1.08 bits per heavy atom. The predicted molar refractivity (Wildman–Crippen MR) is 174 cm³/mol. The monoisotopic (exact) mass is 920 g/mol. The van der Waals surface area contributed by atoms with Crippen molar-refractivity contribution in [3.8, 4) is 0 Å². The van der Waals surface area contributed by atoms with Crippen molar-refractivity contribution in [2.75, 3.05) is 0 Å². The summed E-state index contributed by atoms with van der Waals surface area (Å²) in [6.45, 7) is 29.2. The molecule has 208 valence electrons. The quantitative estimate of drug-likeness (QED) is 0.247. The van der Waals surface area contributed by atoms with E-state index in [0.29, 0.717) is 0 Å². The second kappa shape index (κ2) is 15.8. The van der Waals surface area contributed by atoms with E-state index in [1.165, 1.54) is 12.8 Å². The Labute approximate surface area is 262 Å². The van der Waals surface area contributed by atoms with Gasteiger partial charge in [-0.2, -0.15) is 0 Å². The Kier molecular flexibility index (Phi) is 15.2. The van der Waals surface area contributed by atoms with Gasteiger partial charge in [-0.05, 0) is 0 Å². The van der Waals surface area contributed by atoms with E-state index in [9.17, 15) is 0 Å². The van der Waals surface area contributed by atoms with E-state index in [2.05, 4.69) is 118 Å². The molecular formula is C32H50Cl2Hf2Si2. The van der Waals surface area contributed by atoms with Crippen molar-refractivity contribution in [2.45, 2.75) is 94.4 Å². The molecule has 6 heteroatoms. The number of hydrogen-bond donors (Lipinski definition) is 0. The second-order valence-electron chi connectivity index (χ2n) is 11.5. The van der Waals surface area contributed by atoms with Crippen LogP contribution in [-0.4, -0.2) is 11.0 Å². The van der Waals surface area contributed by atoms with Gasteiger partial charge >= 0.3 is 241 Å². The van der Waals surface area contributed by atoms with Crippen LogP contribution in [0.25, 0.3) is 0 Å². The molecule has 0 saturated heterocycles. The maximum absolute atomic E-state index is 2.56. The predicted octanol–water partition coefficient (Wildman–Crippen LogP) is 10.8. The van der Waals surface area contributed by atoms with Gasteiger partial charge in [-0.3, -0.25) is 0 Å². The third-order valence-electron chi connectivity index (χ3n) is 9.00. The van der Waals surface area contributed by atoms with Gasteiger partial charge < -0.3 is 0 Å². The van der Waals surface area contributed by atoms with Gasteiger partial charge in [0.2, 0.25) is 0 Å². The van der Waals surface area contributed by atoms with E-state index in [-0.39, 0.29) is 35.8 Å². The molecule has 2 unspecified atom stereocenters. The maximum Gasteiger partial charge on any atom is -0.147 e. The van der Waals surface area contributed by atoms with Gasteiger partial charge in [-0.15, -0.1) is 24.8 Å². The van der Waals surface area contributed by atoms with Gasteiger partial charge in [0.25, 0.3) is 0 Å². The number of hydrogen-bond acceptors (Lipinski definition) is 0. The minimum atomic E-state index is -1.72. The Morgan fingerprint density at radius 1 is 0.579 bits per heavy atom. The Balaban J connectivity index is 0.000000361. The van der Waals surface area contributed by atoms with Crippen molar-refractivity contribution in [1.82, 2.24) is 0 Å². The molecule has 4 aliphatic rings. The third kappa shape index (κ3) is 7.54. The fourth-order valence-corrected chi connectivity index (χ4v) is 59.2. The average molecular weight is 919 g/mol. The molecule has 0 radical (unpaired) electrons. The number of rotatable bonds is 4. The molecule has 38 heavy (non-hydrogen) atoms. The van der Waals surface area contributed by atoms with E-state index in [0.717, 1.165) is 11.8 Å². The van der Waals surface area contributed by atoms with E-state index >= 15 is 0 Å². The summed E-state index contributed by atoms with van der Waals surface area (Å²) in [6.07, 6.45) is 16.7. The molecule has 0 aromatic rings. The summed E-state index contributed by atoms with van der Waals surface area (Å²) in [5.74, 6) is 1.49. The summed E-state index contributed by atoms with van der Waals surface area (Å²) in [5.41, 5.74) is 9.54. The molecule has 0 aromatic carbocycles. The first-order valence-corrected chi connectivity index (χ1v) is 36.7. The summed E-state index contributed by atoms with van der Waals surface area (Å²) in [5, 5.41) is 0. The maximum atomic E-state index is 2.56. The molecule has 0 amide bonds. The van der Waals surface area contributed by atoms with Gasteiger partial charge in [0.15, 0.2) is 0 Å². The fourth-order valence-electron chi connectivity index (χ4n) is 6.33. The standard InChI is InChI=1S/2C9H13.2C5H5.2C2H6Si.2ClH.2Hf/c2*1-6-5-7(2)9(4)8(6)3;2*1-2-4-5-3-1;2*1-3-2;;;;/h2*6H,1-4H3;2*1-3H,4H2;2*1-2H3;2*1H;;. The van der Waals surface area contributed by atoms with Crippen LogP contribution in [0.2, 0.25) is 26.2 Å². The summed E-state index contributed by atoms with van der Waals surface area (Å²) in [4.78, 5) is 0. The minimum absolute atomic E-state index is 0. The molecule has 0 heterocycles. The summed E-state index contributed by atoms with van der Waals surface area (Å²) >= 11 is -3.43. The normalized spacial score (nSPS) is 21.8. The smallest absolute Gasteiger partial charge is 0.147 e. The van der Waals surface area contributed by atoms with E-state index < -0.39 is 40.1 Å². The van der Waals surface area contributed by atoms with Gasteiger partial charge in [-0.1, -0.05) is 0 Å². The van der Waals surface area contributed by atoms with Crippen molar-refractivity contribution in [2.24, 2.45) is 11.8 Å². The SMILES string of the molecule is CC1=C(C)C(C)[C]([Hf]([C]2=CC=CC2)=[Si](C)C)=C1C.CC1=C(C)C(C)[C]([Hf]([C]2=CC=CC2)=[Si](C)C)=C1C.Cl.Cl.